The summed E-state index contributed by atoms with van der Waals surface area (Å²) in [6.45, 7) is 26.6. The molecule has 0 amide bonds. The summed E-state index contributed by atoms with van der Waals surface area (Å²) in [5.41, 5.74) is 22.2. The van der Waals surface area contributed by atoms with E-state index in [0.717, 1.165) is 30.6 Å². The summed E-state index contributed by atoms with van der Waals surface area (Å²) in [4.78, 5) is 41.8. The zero-order valence-corrected chi connectivity index (χ0v) is 35.5. The van der Waals surface area contributed by atoms with Crippen molar-refractivity contribution in [3.8, 4) is 0 Å². The Bertz CT molecular complexity index is 1610. The fourth-order valence-electron chi connectivity index (χ4n) is 3.00. The van der Waals surface area contributed by atoms with Gasteiger partial charge in [-0.25, -0.2) is 22.8 Å². The Morgan fingerprint density at radius 3 is 0.982 bits per heavy atom. The number of nitrogens with two attached hydrogens (primary N) is 3. The topological polar surface area (TPSA) is 231 Å². The molecule has 3 rings (SSSR count). The maximum Gasteiger partial charge on any atom is 0.333 e. The van der Waals surface area contributed by atoms with E-state index in [2.05, 4.69) is 19.7 Å². The van der Waals surface area contributed by atoms with Crippen molar-refractivity contribution in [3.05, 3.63) is 120 Å². The van der Waals surface area contributed by atoms with Crippen LogP contribution >= 0.6 is 0 Å². The normalized spacial score (nSPS) is 9.40. The summed E-state index contributed by atoms with van der Waals surface area (Å²) in [7, 11) is -3.79. The number of carboxylic acids is 1. The highest BCUT2D eigenvalue weighted by Gasteiger charge is 2.14. The van der Waals surface area contributed by atoms with Gasteiger partial charge < -0.3 is 41.3 Å². The van der Waals surface area contributed by atoms with Crippen LogP contribution in [0, 0.1) is 13.8 Å². The highest BCUT2D eigenvalue weighted by Crippen LogP contribution is 2.13. The molecule has 0 atom stereocenters. The average molecular weight is 813 g/mol. The lowest BCUT2D eigenvalue weighted by Gasteiger charge is -2.04. The first-order valence-electron chi connectivity index (χ1n) is 17.9. The monoisotopic (exact) mass is 812 g/mol. The third kappa shape index (κ3) is 33.2. The predicted molar refractivity (Wildman–Crippen MR) is 227 cm³/mol. The van der Waals surface area contributed by atoms with E-state index >= 15 is 0 Å². The molecule has 0 saturated heterocycles. The van der Waals surface area contributed by atoms with Crippen LogP contribution in [0.5, 0.6) is 0 Å². The van der Waals surface area contributed by atoms with Gasteiger partial charge in [0.05, 0.1) is 36.4 Å². The number of carbonyl (C=O) groups excluding carboxylic acids is 4. The summed E-state index contributed by atoms with van der Waals surface area (Å²) < 4.78 is 36.7. The number of sulfone groups is 1. The summed E-state index contributed by atoms with van der Waals surface area (Å²) in [5.74, 6) is -3.52. The van der Waals surface area contributed by atoms with E-state index in [1.807, 2.05) is 83.1 Å². The van der Waals surface area contributed by atoms with E-state index in [-0.39, 0.29) is 22.8 Å². The van der Waals surface area contributed by atoms with Crippen molar-refractivity contribution in [2.75, 3.05) is 42.8 Å². The maximum absolute atomic E-state index is 11.3. The van der Waals surface area contributed by atoms with E-state index in [0.29, 0.717) is 42.2 Å². The van der Waals surface area contributed by atoms with Crippen molar-refractivity contribution in [1.29, 1.82) is 0 Å². The number of anilines is 3. The number of aliphatic carboxylic acids is 1. The number of esters is 3. The molecule has 0 aliphatic rings. The Balaban J connectivity index is -0.000000622. The van der Waals surface area contributed by atoms with Crippen LogP contribution < -0.4 is 22.3 Å². The van der Waals surface area contributed by atoms with Gasteiger partial charge in [-0.1, -0.05) is 75.9 Å². The minimum Gasteiger partial charge on any atom is -0.549 e. The van der Waals surface area contributed by atoms with Gasteiger partial charge in [0, 0.05) is 33.8 Å². The van der Waals surface area contributed by atoms with Gasteiger partial charge in [0.2, 0.25) is 0 Å². The van der Waals surface area contributed by atoms with Crippen molar-refractivity contribution in [3.63, 3.8) is 0 Å². The number of rotatable bonds is 12. The van der Waals surface area contributed by atoms with Crippen molar-refractivity contribution >= 4 is 50.8 Å². The molecule has 0 fully saturated rings. The molecule has 0 spiro atoms. The second kappa shape index (κ2) is 32.4. The number of carboxylic acid groups (broad SMARTS) is 1. The molecule has 0 aromatic heterocycles. The molecule has 316 valence electrons. The van der Waals surface area contributed by atoms with Crippen molar-refractivity contribution in [1.82, 2.24) is 0 Å². The van der Waals surface area contributed by atoms with Crippen LogP contribution in [0.4, 0.5) is 17.1 Å². The van der Waals surface area contributed by atoms with Crippen LogP contribution in [0.15, 0.2) is 114 Å². The van der Waals surface area contributed by atoms with Gasteiger partial charge in [-0.3, -0.25) is 0 Å². The highest BCUT2D eigenvalue weighted by atomic mass is 32.2. The van der Waals surface area contributed by atoms with E-state index in [1.165, 1.54) is 35.4 Å². The summed E-state index contributed by atoms with van der Waals surface area (Å²) >= 11 is 0. The third-order valence-corrected chi connectivity index (χ3v) is 7.67. The SMILES string of the molecule is C=C(C)C(=O)OCCC.C=C(C)C(=O)OCCC.C=C(C)C(=O)OCCC.Cc1ccc(N)cc1.Cc1ccc(N)cc1.Nc1ccc(S(=O)(=O)CC(=O)[O-])cc1. The van der Waals surface area contributed by atoms with E-state index < -0.39 is 21.6 Å². The van der Waals surface area contributed by atoms with Crippen LogP contribution in [-0.4, -0.2) is 57.9 Å². The fourth-order valence-corrected chi connectivity index (χ4v) is 4.03. The molecule has 0 aliphatic heterocycles. The van der Waals surface area contributed by atoms with Crippen molar-refractivity contribution in [2.45, 2.75) is 79.5 Å². The largest absolute Gasteiger partial charge is 0.549 e. The van der Waals surface area contributed by atoms with Gasteiger partial charge in [0.25, 0.3) is 0 Å². The molecule has 0 unspecified atom stereocenters. The smallest absolute Gasteiger partial charge is 0.333 e. The number of hydrogen-bond acceptors (Lipinski definition) is 13. The van der Waals surface area contributed by atoms with Gasteiger partial charge in [0.15, 0.2) is 9.84 Å². The Hall–Kier alpha value is -5.89. The van der Waals surface area contributed by atoms with Crippen LogP contribution in [0.25, 0.3) is 0 Å². The van der Waals surface area contributed by atoms with Crippen molar-refractivity contribution in [2.24, 2.45) is 0 Å². The lowest BCUT2D eigenvalue weighted by molar-refractivity contribution is -0.301. The van der Waals surface area contributed by atoms with Crippen LogP contribution in [-0.2, 0) is 43.2 Å². The molecule has 3 aromatic carbocycles. The van der Waals surface area contributed by atoms with Crippen LogP contribution in [0.2, 0.25) is 0 Å². The number of nitrogen functional groups attached to an aromatic ring is 3. The number of ether oxygens (including phenoxy) is 3. The molecule has 0 radical (unpaired) electrons. The molecular formula is C43H62N3O10S-. The molecule has 57 heavy (non-hydrogen) atoms. The van der Waals surface area contributed by atoms with E-state index in [1.54, 1.807) is 20.8 Å². The second-order valence-electron chi connectivity index (χ2n) is 12.3. The van der Waals surface area contributed by atoms with Gasteiger partial charge >= 0.3 is 17.9 Å². The first kappa shape index (κ1) is 55.4. The Kier molecular flexibility index (Phi) is 31.5. The number of hydrogen-bond donors (Lipinski definition) is 3. The quantitative estimate of drug-likeness (QED) is 0.0769. The Labute approximate surface area is 339 Å². The van der Waals surface area contributed by atoms with Crippen LogP contribution in [0.1, 0.15) is 71.9 Å². The summed E-state index contributed by atoms with van der Waals surface area (Å²) in [6.07, 6.45) is 2.58. The number of aryl methyl sites for hydroxylation is 2. The summed E-state index contributed by atoms with van der Waals surface area (Å²) in [5, 5.41) is 10.1. The third-order valence-electron chi connectivity index (χ3n) is 6.06. The first-order chi connectivity index (χ1) is 26.5. The molecule has 0 bridgehead atoms. The lowest BCUT2D eigenvalue weighted by atomic mass is 10.2. The van der Waals surface area contributed by atoms with Gasteiger partial charge in [-0.15, -0.1) is 0 Å². The minimum absolute atomic E-state index is 0.0732. The number of benzene rings is 3. The standard InChI is InChI=1S/C8H9NO4S.2C7H9N.3C7H12O2/c9-6-1-3-7(4-2-6)14(12,13)5-8(10)11;2*1-6-2-4-7(8)5-3-6;3*1-4-5-9-7(8)6(2)3/h1-4H,5,9H2,(H,10,11);2*2-5H,8H2,1H3;3*2,4-5H2,1,3H3/p-1. The Morgan fingerprint density at radius 1 is 0.544 bits per heavy atom. The molecule has 0 saturated carbocycles. The molecule has 14 heteroatoms. The van der Waals surface area contributed by atoms with Crippen molar-refractivity contribution < 1.29 is 46.9 Å². The molecule has 0 aliphatic carbocycles. The fraction of sp³-hybridized carbons (Fsp3) is 0.349. The highest BCUT2D eigenvalue weighted by molar-refractivity contribution is 7.92. The zero-order chi connectivity index (χ0) is 44.6. The van der Waals surface area contributed by atoms with Gasteiger partial charge in [-0.05, 0) is 102 Å². The van der Waals surface area contributed by atoms with Gasteiger partial charge in [-0.2, -0.15) is 0 Å². The molecule has 6 N–H and O–H groups in total. The first-order valence-corrected chi connectivity index (χ1v) is 19.6. The van der Waals surface area contributed by atoms with E-state index in [4.69, 9.17) is 31.4 Å². The average Bonchev–Trinajstić information content (AvgIpc) is 3.15. The van der Waals surface area contributed by atoms with Crippen LogP contribution in [0.3, 0.4) is 0 Å². The lowest BCUT2D eigenvalue weighted by Crippen LogP contribution is -2.30. The molecule has 13 nitrogen and oxygen atoms in total. The van der Waals surface area contributed by atoms with Gasteiger partial charge in [0.1, 0.15) is 0 Å². The number of carbonyl (C=O) groups is 4. The second-order valence-corrected chi connectivity index (χ2v) is 14.3. The maximum atomic E-state index is 11.3. The minimum atomic E-state index is -3.79. The zero-order valence-electron chi connectivity index (χ0n) is 34.7. The van der Waals surface area contributed by atoms with E-state index in [9.17, 15) is 32.7 Å². The summed E-state index contributed by atoms with van der Waals surface area (Å²) in [6, 6.07) is 20.9. The molecule has 0 heterocycles. The molecule has 3 aromatic rings. The predicted octanol–water partition coefficient (Wildman–Crippen LogP) is 6.49. The molecular weight excluding hydrogens is 751 g/mol. The Morgan fingerprint density at radius 2 is 0.789 bits per heavy atom.